The summed E-state index contributed by atoms with van der Waals surface area (Å²) in [6.07, 6.45) is 1.85. The summed E-state index contributed by atoms with van der Waals surface area (Å²) in [7, 11) is 0. The molecule has 1 N–H and O–H groups in total. The SMILES string of the molecule is Cc1ccc(C2=NNC(Cc3ccccc3)(Cc3ccccc3)S2)cc1. The first-order valence-electron chi connectivity index (χ1n) is 8.91. The van der Waals surface area contributed by atoms with Crippen molar-refractivity contribution in [2.24, 2.45) is 5.10 Å². The summed E-state index contributed by atoms with van der Waals surface area (Å²) in [6, 6.07) is 29.9. The molecular weight excluding hydrogens is 336 g/mol. The van der Waals surface area contributed by atoms with E-state index < -0.39 is 0 Å². The summed E-state index contributed by atoms with van der Waals surface area (Å²) in [5.41, 5.74) is 8.57. The summed E-state index contributed by atoms with van der Waals surface area (Å²) < 4.78 is 0. The van der Waals surface area contributed by atoms with E-state index in [4.69, 9.17) is 5.10 Å². The van der Waals surface area contributed by atoms with Crippen LogP contribution in [-0.2, 0) is 12.8 Å². The van der Waals surface area contributed by atoms with Crippen LogP contribution in [0, 0.1) is 6.92 Å². The molecule has 0 saturated heterocycles. The van der Waals surface area contributed by atoms with Crippen LogP contribution in [-0.4, -0.2) is 9.91 Å². The molecule has 0 saturated carbocycles. The lowest BCUT2D eigenvalue weighted by Crippen LogP contribution is -2.40. The number of nitrogens with one attached hydrogen (secondary N) is 1. The second-order valence-electron chi connectivity index (χ2n) is 6.82. The van der Waals surface area contributed by atoms with E-state index in [-0.39, 0.29) is 4.87 Å². The van der Waals surface area contributed by atoms with Gasteiger partial charge < -0.3 is 0 Å². The van der Waals surface area contributed by atoms with Crippen LogP contribution in [0.5, 0.6) is 0 Å². The zero-order valence-corrected chi connectivity index (χ0v) is 15.7. The second kappa shape index (κ2) is 7.38. The Kier molecular flexibility index (Phi) is 4.81. The van der Waals surface area contributed by atoms with Gasteiger partial charge in [-0.3, -0.25) is 5.43 Å². The average Bonchev–Trinajstić information content (AvgIpc) is 3.07. The van der Waals surface area contributed by atoms with E-state index in [2.05, 4.69) is 97.3 Å². The van der Waals surface area contributed by atoms with Crippen LogP contribution in [0.3, 0.4) is 0 Å². The Labute approximate surface area is 159 Å². The zero-order chi connectivity index (χ0) is 17.8. The van der Waals surface area contributed by atoms with Gasteiger partial charge >= 0.3 is 0 Å². The summed E-state index contributed by atoms with van der Waals surface area (Å²) in [4.78, 5) is -0.164. The lowest BCUT2D eigenvalue weighted by atomic mass is 9.99. The van der Waals surface area contributed by atoms with Crippen LogP contribution in [0.25, 0.3) is 0 Å². The van der Waals surface area contributed by atoms with Crippen LogP contribution in [0.15, 0.2) is 90.0 Å². The van der Waals surface area contributed by atoms with E-state index in [1.54, 1.807) is 0 Å². The normalized spacial score (nSPS) is 15.3. The molecule has 26 heavy (non-hydrogen) atoms. The summed E-state index contributed by atoms with van der Waals surface area (Å²) in [6.45, 7) is 2.11. The molecule has 2 nitrogen and oxygen atoms in total. The van der Waals surface area contributed by atoms with Gasteiger partial charge in [-0.15, -0.1) is 0 Å². The third kappa shape index (κ3) is 3.83. The maximum atomic E-state index is 4.71. The predicted octanol–water partition coefficient (Wildman–Crippen LogP) is 5.17. The van der Waals surface area contributed by atoms with Crippen molar-refractivity contribution < 1.29 is 0 Å². The summed E-state index contributed by atoms with van der Waals surface area (Å²) in [5.74, 6) is 0. The van der Waals surface area contributed by atoms with Crippen molar-refractivity contribution in [1.29, 1.82) is 0 Å². The minimum Gasteiger partial charge on any atom is -0.292 e. The second-order valence-corrected chi connectivity index (χ2v) is 8.19. The zero-order valence-electron chi connectivity index (χ0n) is 14.9. The lowest BCUT2D eigenvalue weighted by Gasteiger charge is -2.28. The first-order valence-corrected chi connectivity index (χ1v) is 9.73. The topological polar surface area (TPSA) is 24.4 Å². The maximum absolute atomic E-state index is 4.71. The number of thioether (sulfide) groups is 1. The Hall–Kier alpha value is -2.52. The lowest BCUT2D eigenvalue weighted by molar-refractivity contribution is 0.486. The van der Waals surface area contributed by atoms with Gasteiger partial charge in [-0.2, -0.15) is 5.10 Å². The van der Waals surface area contributed by atoms with Gasteiger partial charge in [-0.1, -0.05) is 102 Å². The number of nitrogens with zero attached hydrogens (tertiary/aromatic N) is 1. The highest BCUT2D eigenvalue weighted by Gasteiger charge is 2.37. The Morgan fingerprint density at radius 1 is 0.769 bits per heavy atom. The van der Waals surface area contributed by atoms with Gasteiger partial charge in [0.15, 0.2) is 0 Å². The Morgan fingerprint density at radius 3 is 1.85 bits per heavy atom. The van der Waals surface area contributed by atoms with E-state index in [1.807, 2.05) is 11.8 Å². The van der Waals surface area contributed by atoms with Crippen molar-refractivity contribution >= 4 is 16.8 Å². The number of hydrogen-bond donors (Lipinski definition) is 1. The Morgan fingerprint density at radius 2 is 1.31 bits per heavy atom. The number of benzene rings is 3. The molecule has 0 aliphatic carbocycles. The Balaban J connectivity index is 1.61. The standard InChI is InChI=1S/C23H22N2S/c1-18-12-14-21(15-13-18)22-24-25-23(26-22,16-19-8-4-2-5-9-19)17-20-10-6-3-7-11-20/h2-15,25H,16-17H2,1H3. The van der Waals surface area contributed by atoms with Crippen molar-refractivity contribution in [2.45, 2.75) is 24.6 Å². The van der Waals surface area contributed by atoms with Gasteiger partial charge in [-0.25, -0.2) is 0 Å². The third-order valence-corrected chi connectivity index (χ3v) is 5.91. The molecule has 0 atom stereocenters. The molecule has 3 heteroatoms. The van der Waals surface area contributed by atoms with E-state index in [0.29, 0.717) is 0 Å². The molecule has 0 amide bonds. The van der Waals surface area contributed by atoms with Crippen LogP contribution in [0.4, 0.5) is 0 Å². The molecule has 3 aromatic carbocycles. The van der Waals surface area contributed by atoms with Crippen molar-refractivity contribution in [3.63, 3.8) is 0 Å². The fourth-order valence-electron chi connectivity index (χ4n) is 3.27. The molecule has 1 aliphatic heterocycles. The molecular formula is C23H22N2S. The Bertz CT molecular complexity index is 845. The molecule has 0 radical (unpaired) electrons. The van der Waals surface area contributed by atoms with E-state index in [0.717, 1.165) is 17.9 Å². The van der Waals surface area contributed by atoms with Crippen molar-refractivity contribution in [1.82, 2.24) is 5.43 Å². The fourth-order valence-corrected chi connectivity index (χ4v) is 4.55. The number of hydrogen-bond acceptors (Lipinski definition) is 3. The number of aryl methyl sites for hydroxylation is 1. The summed E-state index contributed by atoms with van der Waals surface area (Å²) in [5, 5.41) is 5.78. The van der Waals surface area contributed by atoms with Gasteiger partial charge in [0.1, 0.15) is 9.91 Å². The molecule has 1 heterocycles. The van der Waals surface area contributed by atoms with Crippen molar-refractivity contribution in [3.8, 4) is 0 Å². The maximum Gasteiger partial charge on any atom is 0.126 e. The van der Waals surface area contributed by atoms with Gasteiger partial charge in [0, 0.05) is 18.4 Å². The van der Waals surface area contributed by atoms with E-state index in [1.165, 1.54) is 22.3 Å². The average molecular weight is 359 g/mol. The molecule has 3 aromatic rings. The highest BCUT2D eigenvalue weighted by Crippen LogP contribution is 2.37. The molecule has 0 bridgehead atoms. The van der Waals surface area contributed by atoms with Crippen molar-refractivity contribution in [3.05, 3.63) is 107 Å². The van der Waals surface area contributed by atoms with Crippen molar-refractivity contribution in [2.75, 3.05) is 0 Å². The van der Waals surface area contributed by atoms with Gasteiger partial charge in [-0.05, 0) is 18.1 Å². The van der Waals surface area contributed by atoms with Crippen LogP contribution >= 0.6 is 11.8 Å². The summed E-state index contributed by atoms with van der Waals surface area (Å²) >= 11 is 1.85. The quantitative estimate of drug-likeness (QED) is 0.680. The number of rotatable bonds is 5. The van der Waals surface area contributed by atoms with Crippen LogP contribution in [0.2, 0.25) is 0 Å². The monoisotopic (exact) mass is 358 g/mol. The molecule has 0 fully saturated rings. The van der Waals surface area contributed by atoms with Gasteiger partial charge in [0.05, 0.1) is 0 Å². The molecule has 0 aromatic heterocycles. The van der Waals surface area contributed by atoms with Gasteiger partial charge in [0.25, 0.3) is 0 Å². The number of hydrazone groups is 1. The predicted molar refractivity (Wildman–Crippen MR) is 111 cm³/mol. The third-order valence-electron chi connectivity index (χ3n) is 4.62. The van der Waals surface area contributed by atoms with E-state index >= 15 is 0 Å². The molecule has 4 rings (SSSR count). The van der Waals surface area contributed by atoms with Crippen LogP contribution < -0.4 is 5.43 Å². The molecule has 0 unspecified atom stereocenters. The smallest absolute Gasteiger partial charge is 0.126 e. The molecule has 130 valence electrons. The molecule has 1 aliphatic rings. The minimum absolute atomic E-state index is 0.164. The highest BCUT2D eigenvalue weighted by atomic mass is 32.2. The highest BCUT2D eigenvalue weighted by molar-refractivity contribution is 8.15. The van der Waals surface area contributed by atoms with Gasteiger partial charge in [0.2, 0.25) is 0 Å². The van der Waals surface area contributed by atoms with Crippen LogP contribution in [0.1, 0.15) is 22.3 Å². The fraction of sp³-hybridized carbons (Fsp3) is 0.174. The van der Waals surface area contributed by atoms with E-state index in [9.17, 15) is 0 Å². The molecule has 0 spiro atoms. The largest absolute Gasteiger partial charge is 0.292 e. The minimum atomic E-state index is -0.164. The first kappa shape index (κ1) is 16.9. The first-order chi connectivity index (χ1) is 12.7.